The van der Waals surface area contributed by atoms with Crippen LogP contribution in [0, 0.1) is 0 Å². The molecule has 0 unspecified atom stereocenters. The minimum atomic E-state index is 0.762. The molecule has 46 valence electrons. The number of hydrogen-bond donors (Lipinski definition) is 1. The predicted molar refractivity (Wildman–Crippen MR) is 45.6 cm³/mol. The zero-order valence-corrected chi connectivity index (χ0v) is 6.47. The molecule has 0 aromatic heterocycles. The van der Waals surface area contributed by atoms with E-state index in [1.807, 2.05) is 6.08 Å². The van der Waals surface area contributed by atoms with Crippen molar-refractivity contribution in [2.75, 3.05) is 11.5 Å². The highest BCUT2D eigenvalue weighted by molar-refractivity contribution is 8.03. The summed E-state index contributed by atoms with van der Waals surface area (Å²) in [7, 11) is 0. The first-order valence-electron chi connectivity index (χ1n) is 2.33. The van der Waals surface area contributed by atoms with Gasteiger partial charge in [0.1, 0.15) is 0 Å². The highest BCUT2D eigenvalue weighted by Gasteiger charge is 1.85. The highest BCUT2D eigenvalue weighted by Crippen LogP contribution is 2.13. The molecule has 0 aromatic rings. The van der Waals surface area contributed by atoms with E-state index in [1.54, 1.807) is 11.8 Å². The van der Waals surface area contributed by atoms with Crippen LogP contribution in [0.4, 0.5) is 0 Å². The Morgan fingerprint density at radius 1 is 1.75 bits per heavy atom. The van der Waals surface area contributed by atoms with E-state index in [2.05, 4.69) is 25.8 Å². The van der Waals surface area contributed by atoms with Gasteiger partial charge in [-0.05, 0) is 4.91 Å². The van der Waals surface area contributed by atoms with Crippen LogP contribution in [-0.4, -0.2) is 11.5 Å². The average molecular weight is 146 g/mol. The maximum absolute atomic E-state index is 4.03. The van der Waals surface area contributed by atoms with Gasteiger partial charge in [0.2, 0.25) is 0 Å². The molecule has 0 aliphatic heterocycles. The fraction of sp³-hybridized carbons (Fsp3) is 0.333. The molecule has 0 fully saturated rings. The Balaban J connectivity index is 3.11. The predicted octanol–water partition coefficient (Wildman–Crippen LogP) is 2.35. The first-order valence-corrected chi connectivity index (χ1v) is 3.95. The molecule has 0 aromatic carbocycles. The van der Waals surface area contributed by atoms with Crippen LogP contribution in [0.15, 0.2) is 24.1 Å². The maximum atomic E-state index is 4.03. The Bertz CT molecular complexity index is 86.5. The van der Waals surface area contributed by atoms with E-state index < -0.39 is 0 Å². The third-order valence-corrected chi connectivity index (χ3v) is 2.13. The van der Waals surface area contributed by atoms with Crippen LogP contribution in [0.25, 0.3) is 0 Å². The van der Waals surface area contributed by atoms with E-state index >= 15 is 0 Å². The molecule has 0 saturated carbocycles. The van der Waals surface area contributed by atoms with Gasteiger partial charge >= 0.3 is 0 Å². The van der Waals surface area contributed by atoms with Gasteiger partial charge in [0.15, 0.2) is 0 Å². The molecule has 0 amide bonds. The molecular weight excluding hydrogens is 136 g/mol. The van der Waals surface area contributed by atoms with E-state index in [0.717, 1.165) is 16.4 Å². The standard InChI is InChI=1S/C6H10S2/c1-3-4-8-6(2)5-7/h3,7H,1-2,4-5H2. The van der Waals surface area contributed by atoms with Crippen molar-refractivity contribution in [2.45, 2.75) is 0 Å². The van der Waals surface area contributed by atoms with Crippen molar-refractivity contribution in [3.05, 3.63) is 24.1 Å². The molecule has 2 heteroatoms. The minimum absolute atomic E-state index is 0.762. The molecule has 8 heavy (non-hydrogen) atoms. The van der Waals surface area contributed by atoms with Crippen LogP contribution in [0.3, 0.4) is 0 Å². The molecular formula is C6H10S2. The second-order valence-corrected chi connectivity index (χ2v) is 2.81. The van der Waals surface area contributed by atoms with Crippen molar-refractivity contribution in [3.63, 3.8) is 0 Å². The maximum Gasteiger partial charge on any atom is 0.0208 e. The van der Waals surface area contributed by atoms with Crippen LogP contribution < -0.4 is 0 Å². The molecule has 0 aliphatic rings. The zero-order valence-electron chi connectivity index (χ0n) is 4.76. The molecule has 0 heterocycles. The van der Waals surface area contributed by atoms with E-state index in [1.165, 1.54) is 0 Å². The number of hydrogen-bond acceptors (Lipinski definition) is 2. The SMILES string of the molecule is C=CCSC(=C)CS. The largest absolute Gasteiger partial charge is 0.174 e. The Labute approximate surface area is 60.5 Å². The fourth-order valence-corrected chi connectivity index (χ4v) is 0.941. The summed E-state index contributed by atoms with van der Waals surface area (Å²) in [4.78, 5) is 1.10. The summed E-state index contributed by atoms with van der Waals surface area (Å²) in [6.07, 6.45) is 1.86. The van der Waals surface area contributed by atoms with Crippen LogP contribution >= 0.6 is 24.4 Å². The quantitative estimate of drug-likeness (QED) is 0.469. The first-order chi connectivity index (χ1) is 3.81. The van der Waals surface area contributed by atoms with Crippen LogP contribution in [0.1, 0.15) is 0 Å². The molecule has 0 aliphatic carbocycles. The van der Waals surface area contributed by atoms with Crippen molar-refractivity contribution in [2.24, 2.45) is 0 Å². The summed E-state index contributed by atoms with van der Waals surface area (Å²) in [6, 6.07) is 0. The van der Waals surface area contributed by atoms with E-state index in [0.29, 0.717) is 0 Å². The normalized spacial score (nSPS) is 8.62. The third-order valence-electron chi connectivity index (χ3n) is 0.582. The van der Waals surface area contributed by atoms with Crippen molar-refractivity contribution in [1.82, 2.24) is 0 Å². The van der Waals surface area contributed by atoms with Gasteiger partial charge in [-0.25, -0.2) is 0 Å². The van der Waals surface area contributed by atoms with E-state index in [9.17, 15) is 0 Å². The monoisotopic (exact) mass is 146 g/mol. The lowest BCUT2D eigenvalue weighted by Gasteiger charge is -1.94. The average Bonchev–Trinajstić information content (AvgIpc) is 1.83. The molecule has 0 nitrogen and oxygen atoms in total. The minimum Gasteiger partial charge on any atom is -0.174 e. The Hall–Kier alpha value is 0.180. The van der Waals surface area contributed by atoms with Crippen molar-refractivity contribution >= 4 is 24.4 Å². The first kappa shape index (κ1) is 8.18. The fourth-order valence-electron chi connectivity index (χ4n) is 0.222. The Morgan fingerprint density at radius 2 is 2.38 bits per heavy atom. The second kappa shape index (κ2) is 5.32. The highest BCUT2D eigenvalue weighted by atomic mass is 32.2. The summed E-state index contributed by atoms with van der Waals surface area (Å²) in [5, 5.41) is 0. The summed E-state index contributed by atoms with van der Waals surface area (Å²) in [5.41, 5.74) is 0. The van der Waals surface area contributed by atoms with Gasteiger partial charge in [-0.1, -0.05) is 12.7 Å². The lowest BCUT2D eigenvalue weighted by Crippen LogP contribution is -1.75. The van der Waals surface area contributed by atoms with Crippen molar-refractivity contribution in [1.29, 1.82) is 0 Å². The molecule has 0 rings (SSSR count). The molecule has 0 atom stereocenters. The Morgan fingerprint density at radius 3 is 2.75 bits per heavy atom. The molecule has 0 radical (unpaired) electrons. The van der Waals surface area contributed by atoms with Gasteiger partial charge in [-0.3, -0.25) is 0 Å². The van der Waals surface area contributed by atoms with Crippen molar-refractivity contribution in [3.8, 4) is 0 Å². The summed E-state index contributed by atoms with van der Waals surface area (Å²) >= 11 is 5.72. The van der Waals surface area contributed by atoms with Gasteiger partial charge in [-0.15, -0.1) is 18.3 Å². The van der Waals surface area contributed by atoms with Gasteiger partial charge in [0.05, 0.1) is 0 Å². The van der Waals surface area contributed by atoms with E-state index in [4.69, 9.17) is 0 Å². The zero-order chi connectivity index (χ0) is 6.41. The van der Waals surface area contributed by atoms with Crippen LogP contribution in [0.5, 0.6) is 0 Å². The van der Waals surface area contributed by atoms with Gasteiger partial charge < -0.3 is 0 Å². The van der Waals surface area contributed by atoms with E-state index in [-0.39, 0.29) is 0 Å². The Kier molecular flexibility index (Phi) is 5.44. The smallest absolute Gasteiger partial charge is 0.0208 e. The molecule has 0 saturated heterocycles. The van der Waals surface area contributed by atoms with Crippen LogP contribution in [-0.2, 0) is 0 Å². The summed E-state index contributed by atoms with van der Waals surface area (Å²) < 4.78 is 0. The topological polar surface area (TPSA) is 0 Å². The molecule has 0 spiro atoms. The number of thiol groups is 1. The van der Waals surface area contributed by atoms with Crippen molar-refractivity contribution < 1.29 is 0 Å². The summed E-state index contributed by atoms with van der Waals surface area (Å²) in [6.45, 7) is 7.33. The lowest BCUT2D eigenvalue weighted by molar-refractivity contribution is 1.73. The van der Waals surface area contributed by atoms with Gasteiger partial charge in [-0.2, -0.15) is 12.6 Å². The van der Waals surface area contributed by atoms with Gasteiger partial charge in [0.25, 0.3) is 0 Å². The number of rotatable bonds is 4. The summed E-state index contributed by atoms with van der Waals surface area (Å²) in [5.74, 6) is 1.71. The number of thioether (sulfide) groups is 1. The molecule has 0 bridgehead atoms. The van der Waals surface area contributed by atoms with Gasteiger partial charge in [0, 0.05) is 11.5 Å². The molecule has 0 N–H and O–H groups in total. The van der Waals surface area contributed by atoms with Crippen LogP contribution in [0.2, 0.25) is 0 Å². The second-order valence-electron chi connectivity index (χ2n) is 1.30. The third kappa shape index (κ3) is 4.34. The lowest BCUT2D eigenvalue weighted by atomic mass is 10.7.